The fraction of sp³-hybridized carbons (Fsp3) is 0.0400. The van der Waals surface area contributed by atoms with Gasteiger partial charge in [0.05, 0.1) is 5.41 Å². The lowest BCUT2D eigenvalue weighted by atomic mass is 9.66. The zero-order valence-electron chi connectivity index (χ0n) is 15.8. The number of ether oxygens (including phenoxy) is 1. The van der Waals surface area contributed by atoms with Gasteiger partial charge in [-0.1, -0.05) is 78.3 Å². The maximum atomic E-state index is 9.12. The van der Waals surface area contributed by atoms with Gasteiger partial charge < -0.3 is 14.4 Å². The summed E-state index contributed by atoms with van der Waals surface area (Å²) in [5.74, 6) is 1.64. The molecule has 1 N–H and O–H groups in total. The number of fused-ring (bicyclic) bond motifs is 9. The fourth-order valence-corrected chi connectivity index (χ4v) is 5.26. The number of hydrogen-bond acceptors (Lipinski definition) is 3. The highest BCUT2D eigenvalue weighted by Crippen LogP contribution is 2.63. The lowest BCUT2D eigenvalue weighted by molar-refractivity contribution is 0.426. The Bertz CT molecular complexity index is 1270. The highest BCUT2D eigenvalue weighted by molar-refractivity contribution is 6.34. The summed E-state index contributed by atoms with van der Waals surface area (Å²) in [5.41, 5.74) is 6.28. The lowest BCUT2D eigenvalue weighted by Gasteiger charge is -2.39. The van der Waals surface area contributed by atoms with Crippen LogP contribution in [0.5, 0.6) is 17.2 Å². The Labute approximate surface area is 179 Å². The Hall–Kier alpha value is -3.21. The van der Waals surface area contributed by atoms with E-state index in [2.05, 4.69) is 54.6 Å². The summed E-state index contributed by atoms with van der Waals surface area (Å²) in [6.07, 6.45) is 0. The van der Waals surface area contributed by atoms with E-state index in [1.54, 1.807) is 6.07 Å². The number of benzene rings is 4. The van der Waals surface area contributed by atoms with Crippen molar-refractivity contribution in [1.29, 1.82) is 0 Å². The minimum atomic E-state index is -0.553. The standard InChI is InChI=1S/C25H15BClO3/c27-23-22(30-26-28)14-13-20-24(23)29-21-12-6-5-11-19(21)25(20)17-9-3-1-7-15(17)16-8-2-4-10-18(16)25/h1-14,28H. The van der Waals surface area contributed by atoms with E-state index >= 15 is 0 Å². The van der Waals surface area contributed by atoms with Crippen LogP contribution in [0.15, 0.2) is 84.9 Å². The van der Waals surface area contributed by atoms with Gasteiger partial charge in [0.1, 0.15) is 16.5 Å². The number of halogens is 1. The summed E-state index contributed by atoms with van der Waals surface area (Å²) in [6.45, 7) is 0. The molecule has 4 aromatic carbocycles. The highest BCUT2D eigenvalue weighted by atomic mass is 35.5. The molecule has 3 nitrogen and oxygen atoms in total. The predicted molar refractivity (Wildman–Crippen MR) is 117 cm³/mol. The van der Waals surface area contributed by atoms with Crippen LogP contribution >= 0.6 is 11.6 Å². The van der Waals surface area contributed by atoms with Crippen LogP contribution in [0.4, 0.5) is 0 Å². The molecule has 1 aliphatic heterocycles. The third kappa shape index (κ3) is 2.10. The summed E-state index contributed by atoms with van der Waals surface area (Å²) < 4.78 is 11.5. The van der Waals surface area contributed by atoms with Crippen molar-refractivity contribution in [2.45, 2.75) is 5.41 Å². The monoisotopic (exact) mass is 409 g/mol. The zero-order valence-corrected chi connectivity index (χ0v) is 16.6. The Morgan fingerprint density at radius 3 is 2.00 bits per heavy atom. The normalized spacial score (nSPS) is 14.2. The summed E-state index contributed by atoms with van der Waals surface area (Å²) in [4.78, 5) is 0. The van der Waals surface area contributed by atoms with Crippen molar-refractivity contribution in [3.63, 3.8) is 0 Å². The summed E-state index contributed by atoms with van der Waals surface area (Å²) in [6, 6.07) is 28.8. The van der Waals surface area contributed by atoms with Crippen LogP contribution in [0.3, 0.4) is 0 Å². The molecule has 0 saturated heterocycles. The van der Waals surface area contributed by atoms with Crippen molar-refractivity contribution in [3.8, 4) is 28.4 Å². The first-order chi connectivity index (χ1) is 14.8. The van der Waals surface area contributed by atoms with Gasteiger partial charge in [-0.3, -0.25) is 0 Å². The molecular formula is C25H15BClO3. The Kier molecular flexibility index (Phi) is 3.76. The maximum Gasteiger partial charge on any atom is 0.569 e. The lowest BCUT2D eigenvalue weighted by Crippen LogP contribution is -2.32. The molecule has 1 spiro atoms. The van der Waals surface area contributed by atoms with Crippen LogP contribution in [0, 0.1) is 0 Å². The topological polar surface area (TPSA) is 38.7 Å². The first-order valence-electron chi connectivity index (χ1n) is 9.69. The maximum absolute atomic E-state index is 9.12. The Morgan fingerprint density at radius 2 is 1.33 bits per heavy atom. The van der Waals surface area contributed by atoms with Crippen molar-refractivity contribution in [2.24, 2.45) is 0 Å². The van der Waals surface area contributed by atoms with E-state index in [9.17, 15) is 0 Å². The molecule has 2 aliphatic rings. The zero-order chi connectivity index (χ0) is 20.3. The van der Waals surface area contributed by atoms with Gasteiger partial charge in [-0.2, -0.15) is 0 Å². The molecule has 0 saturated carbocycles. The molecule has 0 bridgehead atoms. The second-order valence-corrected chi connectivity index (χ2v) is 7.79. The van der Waals surface area contributed by atoms with Crippen molar-refractivity contribution in [1.82, 2.24) is 0 Å². The Balaban J connectivity index is 1.79. The average molecular weight is 410 g/mol. The van der Waals surface area contributed by atoms with Gasteiger partial charge in [0, 0.05) is 11.1 Å². The van der Waals surface area contributed by atoms with Crippen LogP contribution in [-0.4, -0.2) is 12.7 Å². The predicted octanol–water partition coefficient (Wildman–Crippen LogP) is 5.71. The van der Waals surface area contributed by atoms with E-state index < -0.39 is 5.41 Å². The smallest absolute Gasteiger partial charge is 0.536 e. The van der Waals surface area contributed by atoms with Gasteiger partial charge in [0.15, 0.2) is 5.75 Å². The molecule has 1 heterocycles. The SMILES string of the molecule is O[B]Oc1ccc2c(c1Cl)Oc1ccccc1C21c2ccccc2-c2ccccc21. The fourth-order valence-electron chi connectivity index (χ4n) is 5.02. The third-order valence-corrected chi connectivity index (χ3v) is 6.46. The van der Waals surface area contributed by atoms with Crippen molar-refractivity contribution < 1.29 is 14.4 Å². The van der Waals surface area contributed by atoms with Gasteiger partial charge in [0.25, 0.3) is 0 Å². The number of para-hydroxylation sites is 1. The first kappa shape index (κ1) is 17.6. The van der Waals surface area contributed by atoms with Crippen LogP contribution in [-0.2, 0) is 5.41 Å². The van der Waals surface area contributed by atoms with Crippen LogP contribution < -0.4 is 9.39 Å². The average Bonchev–Trinajstić information content (AvgIpc) is 3.08. The molecule has 1 radical (unpaired) electrons. The van der Waals surface area contributed by atoms with E-state index in [-0.39, 0.29) is 0 Å². The molecule has 0 fully saturated rings. The summed E-state index contributed by atoms with van der Waals surface area (Å²) in [5, 5.41) is 9.45. The van der Waals surface area contributed by atoms with Gasteiger partial charge in [-0.15, -0.1) is 0 Å². The Morgan fingerprint density at radius 1 is 0.733 bits per heavy atom. The molecule has 30 heavy (non-hydrogen) atoms. The minimum absolute atomic E-state index is 0.327. The van der Waals surface area contributed by atoms with Crippen LogP contribution in [0.2, 0.25) is 5.02 Å². The summed E-state index contributed by atoms with van der Waals surface area (Å²) >= 11 is 6.71. The van der Waals surface area contributed by atoms with Gasteiger partial charge in [0.2, 0.25) is 0 Å². The molecule has 0 aromatic heterocycles. The molecule has 0 atom stereocenters. The van der Waals surface area contributed by atoms with E-state index in [0.717, 1.165) is 16.9 Å². The van der Waals surface area contributed by atoms with Crippen molar-refractivity contribution in [3.05, 3.63) is 112 Å². The van der Waals surface area contributed by atoms with E-state index in [1.807, 2.05) is 24.3 Å². The molecule has 143 valence electrons. The quantitative estimate of drug-likeness (QED) is 0.372. The molecule has 6 rings (SSSR count). The minimum Gasteiger partial charge on any atom is -0.536 e. The molecule has 1 aliphatic carbocycles. The second kappa shape index (κ2) is 6.40. The number of hydrogen-bond donors (Lipinski definition) is 1. The highest BCUT2D eigenvalue weighted by Gasteiger charge is 2.51. The molecule has 4 aromatic rings. The molecule has 5 heteroatoms. The van der Waals surface area contributed by atoms with Crippen molar-refractivity contribution >= 4 is 19.3 Å². The third-order valence-electron chi connectivity index (χ3n) is 6.10. The first-order valence-corrected chi connectivity index (χ1v) is 10.1. The molecule has 0 unspecified atom stereocenters. The largest absolute Gasteiger partial charge is 0.569 e. The van der Waals surface area contributed by atoms with Gasteiger partial charge in [-0.25, -0.2) is 0 Å². The van der Waals surface area contributed by atoms with Crippen LogP contribution in [0.1, 0.15) is 22.3 Å². The van der Waals surface area contributed by atoms with Gasteiger partial charge in [-0.05, 0) is 40.5 Å². The molecule has 0 amide bonds. The van der Waals surface area contributed by atoms with Crippen molar-refractivity contribution in [2.75, 3.05) is 0 Å². The summed E-state index contributed by atoms with van der Waals surface area (Å²) in [7, 11) is 0.625. The van der Waals surface area contributed by atoms with E-state index in [0.29, 0.717) is 24.2 Å². The number of rotatable bonds is 2. The van der Waals surface area contributed by atoms with E-state index in [1.165, 1.54) is 22.3 Å². The van der Waals surface area contributed by atoms with Gasteiger partial charge >= 0.3 is 7.69 Å². The molecular weight excluding hydrogens is 395 g/mol. The van der Waals surface area contributed by atoms with Crippen LogP contribution in [0.25, 0.3) is 11.1 Å². The van der Waals surface area contributed by atoms with E-state index in [4.69, 9.17) is 26.0 Å². The second-order valence-electron chi connectivity index (χ2n) is 7.42.